The zero-order valence-electron chi connectivity index (χ0n) is 35.0. The molecule has 12 unspecified atom stereocenters. The van der Waals surface area contributed by atoms with Gasteiger partial charge in [-0.3, -0.25) is 0 Å². The summed E-state index contributed by atoms with van der Waals surface area (Å²) in [4.78, 5) is 15.9. The molecule has 9 heterocycles. The van der Waals surface area contributed by atoms with Crippen molar-refractivity contribution in [2.75, 3.05) is 12.3 Å². The Morgan fingerprint density at radius 1 is 0.677 bits per heavy atom. The molecule has 0 aliphatic carbocycles. The van der Waals surface area contributed by atoms with Crippen molar-refractivity contribution in [3.8, 4) is 0 Å². The van der Waals surface area contributed by atoms with Crippen LogP contribution in [0.15, 0.2) is 55.4 Å². The molecular weight excluding hydrogens is 1390 g/mol. The monoisotopic (exact) mass is 1440 g/mol. The number of anilines is 1. The van der Waals surface area contributed by atoms with E-state index in [4.69, 9.17) is 48.3 Å². The first-order chi connectivity index (χ1) is 29.0. The Bertz CT molecular complexity index is 2310. The minimum absolute atomic E-state index is 0. The van der Waals surface area contributed by atoms with Crippen molar-refractivity contribution < 1.29 is 78.7 Å². The van der Waals surface area contributed by atoms with Gasteiger partial charge >= 0.3 is 0 Å². The second-order valence-corrected chi connectivity index (χ2v) is 19.9. The van der Waals surface area contributed by atoms with Gasteiger partial charge in [-0.2, -0.15) is 0 Å². The quantitative estimate of drug-likeness (QED) is 0.0902. The van der Waals surface area contributed by atoms with Crippen LogP contribution < -0.4 is 5.73 Å². The van der Waals surface area contributed by atoms with E-state index in [1.807, 2.05) is 19.2 Å². The number of nitrogens with one attached hydrogen (secondary N) is 1. The third-order valence-corrected chi connectivity index (χ3v) is 15.1. The second-order valence-electron chi connectivity index (χ2n) is 15.6. The minimum atomic E-state index is -1.14. The zero-order valence-corrected chi connectivity index (χ0v) is 47.8. The number of nitrogens with zero attached hydrogens (tertiary/aromatic N) is 5. The van der Waals surface area contributed by atoms with Crippen molar-refractivity contribution in [3.05, 3.63) is 76.1 Å². The molecule has 12 atom stereocenters. The molecule has 1 radical (unpaired) electrons. The van der Waals surface area contributed by atoms with E-state index in [2.05, 4.69) is 133 Å². The van der Waals surface area contributed by atoms with Crippen molar-refractivity contribution in [3.63, 3.8) is 0 Å². The number of aliphatic hydroxyl groups is 4. The van der Waals surface area contributed by atoms with Crippen LogP contribution in [-0.4, -0.2) is 92.9 Å². The summed E-state index contributed by atoms with van der Waals surface area (Å²) in [5.74, 6) is 1.82. The number of hydrogen-bond acceptors (Lipinski definition) is 11. The minimum Gasteiger partial charge on any atom is -0.398 e. The zero-order chi connectivity index (χ0) is 44.4. The topological polar surface area (TPSA) is 199 Å². The summed E-state index contributed by atoms with van der Waals surface area (Å²) in [6.45, 7) is 12.6. The molecule has 14 nitrogen and oxygen atoms in total. The summed E-state index contributed by atoms with van der Waals surface area (Å²) in [7, 11) is 0. The van der Waals surface area contributed by atoms with Gasteiger partial charge in [-0.25, -0.2) is 15.0 Å². The van der Waals surface area contributed by atoms with Gasteiger partial charge in [-0.1, -0.05) is 64.7 Å². The van der Waals surface area contributed by atoms with Crippen molar-refractivity contribution >= 4 is 130 Å². The van der Waals surface area contributed by atoms with Crippen LogP contribution >= 0.6 is 91.0 Å². The van der Waals surface area contributed by atoms with Crippen LogP contribution in [0.5, 0.6) is 0 Å². The summed E-state index contributed by atoms with van der Waals surface area (Å²) in [6, 6.07) is 5.33. The molecule has 20 heteroatoms. The number of nitrogen functional groups attached to an aromatic ring is 1. The molecular formula is C42H52AcCl2I3N7O7. The van der Waals surface area contributed by atoms with Crippen LogP contribution in [0.3, 0.4) is 0 Å². The summed E-state index contributed by atoms with van der Waals surface area (Å²) in [5, 5.41) is 42.6. The second kappa shape index (κ2) is 23.2. The first-order valence-corrected chi connectivity index (χ1v) is 24.1. The van der Waals surface area contributed by atoms with Gasteiger partial charge < -0.3 is 54.5 Å². The molecule has 7 N–H and O–H groups in total. The fraction of sp³-hybridized carbons (Fsp3) is 0.500. The maximum Gasteiger partial charge on any atom is 0.164 e. The van der Waals surface area contributed by atoms with Gasteiger partial charge in [0.05, 0.1) is 45.0 Å². The largest absolute Gasteiger partial charge is 0.398 e. The first-order valence-electron chi connectivity index (χ1n) is 20.1. The number of halogens is 5. The van der Waals surface area contributed by atoms with Crippen molar-refractivity contribution in [1.82, 2.24) is 29.1 Å². The molecule has 3 aliphatic rings. The van der Waals surface area contributed by atoms with Crippen LogP contribution in [0.2, 0.25) is 10.0 Å². The molecule has 9 rings (SSSR count). The summed E-state index contributed by atoms with van der Waals surface area (Å²) >= 11 is 18.9. The summed E-state index contributed by atoms with van der Waals surface area (Å²) in [5.41, 5.74) is 8.86. The van der Waals surface area contributed by atoms with Crippen LogP contribution in [0.1, 0.15) is 66.8 Å². The maximum atomic E-state index is 10.1. The van der Waals surface area contributed by atoms with E-state index >= 15 is 0 Å². The van der Waals surface area contributed by atoms with Crippen molar-refractivity contribution in [1.29, 1.82) is 0 Å². The van der Waals surface area contributed by atoms with Gasteiger partial charge in [0.2, 0.25) is 0 Å². The average Bonchev–Trinajstić information content (AvgIpc) is 4.07. The number of fused-ring (bicyclic) bond motifs is 3. The predicted octanol–water partition coefficient (Wildman–Crippen LogP) is 8.92. The van der Waals surface area contributed by atoms with E-state index in [9.17, 15) is 15.3 Å². The van der Waals surface area contributed by atoms with E-state index in [0.717, 1.165) is 61.1 Å². The van der Waals surface area contributed by atoms with Crippen molar-refractivity contribution in [2.45, 2.75) is 104 Å². The average molecular weight is 1450 g/mol. The molecule has 0 spiro atoms. The fourth-order valence-electron chi connectivity index (χ4n) is 8.03. The number of hydrogen-bond donors (Lipinski definition) is 6. The molecule has 62 heavy (non-hydrogen) atoms. The standard InChI is InChI=1S/C15H18ClIN2O.C12H14IN3O4.C8H16O2.C7H4ClIN2.Ac/c1-4-12-8(2)9(3)15(20-12)19-7-11(17)13-10(16)5-6-18-14(13)19;13-5-3-16(11-8(5)6(14)1-2-15-11)12-10(19)9(18)7(4-17)20-12;1-4-7-5(2)6(3)8(9)10-7;8-4-1-2-10-7-6(4)5(9)3-11-7;/h5-9,12,15H,4H2,1-3H3;1-3,7,9-10,12,17-19H,4H2,(H2,14,15);5-9H,4H2,1-3H3;1-3H,(H,10,11);. The van der Waals surface area contributed by atoms with E-state index in [1.54, 1.807) is 41.5 Å². The Balaban J connectivity index is 0.000000162. The van der Waals surface area contributed by atoms with E-state index < -0.39 is 30.8 Å². The Morgan fingerprint density at radius 3 is 1.73 bits per heavy atom. The van der Waals surface area contributed by atoms with Gasteiger partial charge in [0, 0.05) is 109 Å². The summed E-state index contributed by atoms with van der Waals surface area (Å²) < 4.78 is 24.0. The van der Waals surface area contributed by atoms with Crippen LogP contribution in [-0.2, 0) is 14.2 Å². The van der Waals surface area contributed by atoms with Gasteiger partial charge in [0.15, 0.2) is 12.5 Å². The smallest absolute Gasteiger partial charge is 0.164 e. The molecule has 0 amide bonds. The van der Waals surface area contributed by atoms with E-state index in [0.29, 0.717) is 41.1 Å². The number of aromatic amines is 1. The van der Waals surface area contributed by atoms with Gasteiger partial charge in [0.1, 0.15) is 41.5 Å². The van der Waals surface area contributed by atoms with E-state index in [-0.39, 0.29) is 63.0 Å². The molecule has 3 fully saturated rings. The molecule has 335 valence electrons. The molecule has 0 saturated carbocycles. The van der Waals surface area contributed by atoms with Gasteiger partial charge in [-0.05, 0) is 111 Å². The van der Waals surface area contributed by atoms with Crippen molar-refractivity contribution in [2.24, 2.45) is 23.7 Å². The molecule has 3 saturated heterocycles. The Hall–Kier alpha value is -0.198. The normalized spacial score (nSPS) is 29.1. The predicted molar refractivity (Wildman–Crippen MR) is 263 cm³/mol. The Morgan fingerprint density at radius 2 is 1.19 bits per heavy atom. The number of aromatic nitrogens is 6. The number of H-pyrrole nitrogens is 1. The third-order valence-electron chi connectivity index (χ3n) is 12.0. The van der Waals surface area contributed by atoms with Crippen LogP contribution in [0.4, 0.5) is 5.69 Å². The number of rotatable bonds is 5. The fourth-order valence-corrected chi connectivity index (χ4v) is 11.2. The molecule has 6 aromatic rings. The molecule has 0 aromatic carbocycles. The van der Waals surface area contributed by atoms with Gasteiger partial charge in [0.25, 0.3) is 0 Å². The van der Waals surface area contributed by atoms with Crippen LogP contribution in [0.25, 0.3) is 33.1 Å². The number of pyridine rings is 3. The van der Waals surface area contributed by atoms with Crippen LogP contribution in [0, 0.1) is 78.4 Å². The molecule has 0 bridgehead atoms. The molecule has 3 aliphatic heterocycles. The maximum absolute atomic E-state index is 10.1. The number of nitrogens with two attached hydrogens (primary N) is 1. The Labute approximate surface area is 447 Å². The van der Waals surface area contributed by atoms with E-state index in [1.165, 1.54) is 0 Å². The third kappa shape index (κ3) is 11.0. The number of aliphatic hydroxyl groups excluding tert-OH is 4. The summed E-state index contributed by atoms with van der Waals surface area (Å²) in [6.07, 6.45) is 9.06. The Kier molecular flexibility index (Phi) is 19.7. The molecule has 6 aromatic heterocycles. The first kappa shape index (κ1) is 52.8. The van der Waals surface area contributed by atoms with Gasteiger partial charge in [-0.15, -0.1) is 0 Å². The SMILES string of the molecule is CCC1OC(O)C(C)C1C.CCC1OC(n2cc(I)c3c(Cl)ccnc32)C(C)C1C.Clc1ccnc2[nH]cc(I)c12.Nc1ccnc2c1c(I)cn2C1OC(CO)C(O)C1O.[Ac]. The number of ether oxygens (including phenoxy) is 3.